The summed E-state index contributed by atoms with van der Waals surface area (Å²) in [6.45, 7) is 7.39. The van der Waals surface area contributed by atoms with E-state index in [9.17, 15) is 9.59 Å². The van der Waals surface area contributed by atoms with Crippen molar-refractivity contribution in [3.8, 4) is 0 Å². The lowest BCUT2D eigenvalue weighted by atomic mass is 9.65. The van der Waals surface area contributed by atoms with E-state index in [1.807, 2.05) is 4.90 Å². The maximum absolute atomic E-state index is 12.5. The summed E-state index contributed by atoms with van der Waals surface area (Å²) in [6, 6.07) is 3.44. The number of hydrogen-bond acceptors (Lipinski definition) is 4. The monoisotopic (exact) mass is 316 g/mol. The smallest absolute Gasteiger partial charge is 0.338 e. The number of carbonyl (C=O) groups excluding carboxylic acids is 2. The first kappa shape index (κ1) is 16.0. The highest BCUT2D eigenvalue weighted by atomic mass is 16.5. The number of aromatic nitrogens is 1. The van der Waals surface area contributed by atoms with Gasteiger partial charge in [0, 0.05) is 25.0 Å². The van der Waals surface area contributed by atoms with E-state index in [1.54, 1.807) is 12.1 Å². The van der Waals surface area contributed by atoms with Crippen molar-refractivity contribution >= 4 is 11.9 Å². The van der Waals surface area contributed by atoms with Crippen LogP contribution in [0.4, 0.5) is 0 Å². The van der Waals surface area contributed by atoms with Crippen molar-refractivity contribution in [2.45, 2.75) is 46.1 Å². The molecule has 1 amide bonds. The second-order valence-corrected chi connectivity index (χ2v) is 8.05. The van der Waals surface area contributed by atoms with Crippen LogP contribution in [0, 0.1) is 10.8 Å². The second-order valence-electron chi connectivity index (χ2n) is 8.05. The van der Waals surface area contributed by atoms with Crippen LogP contribution in [0.1, 0.15) is 50.4 Å². The second kappa shape index (κ2) is 5.62. The van der Waals surface area contributed by atoms with Gasteiger partial charge in [-0.25, -0.2) is 4.79 Å². The largest absolute Gasteiger partial charge is 0.452 e. The summed E-state index contributed by atoms with van der Waals surface area (Å²) in [4.78, 5) is 30.2. The van der Waals surface area contributed by atoms with Gasteiger partial charge in [0.25, 0.3) is 5.91 Å². The molecule has 1 saturated carbocycles. The molecule has 0 unspecified atom stereocenters. The average Bonchev–Trinajstić information content (AvgIpc) is 2.74. The van der Waals surface area contributed by atoms with Gasteiger partial charge in [0.1, 0.15) is 0 Å². The first-order valence-corrected chi connectivity index (χ1v) is 8.15. The molecule has 0 radical (unpaired) electrons. The topological polar surface area (TPSA) is 59.5 Å². The minimum absolute atomic E-state index is 0.0844. The van der Waals surface area contributed by atoms with Gasteiger partial charge in [0.2, 0.25) is 0 Å². The molecule has 2 aliphatic rings. The van der Waals surface area contributed by atoms with Crippen LogP contribution in [0.3, 0.4) is 0 Å². The third-order valence-electron chi connectivity index (χ3n) is 4.98. The van der Waals surface area contributed by atoms with Crippen LogP contribution in [0.25, 0.3) is 0 Å². The summed E-state index contributed by atoms with van der Waals surface area (Å²) in [5, 5.41) is 0. The van der Waals surface area contributed by atoms with E-state index < -0.39 is 5.97 Å². The van der Waals surface area contributed by atoms with Crippen molar-refractivity contribution in [2.75, 3.05) is 13.2 Å². The number of rotatable bonds is 3. The average molecular weight is 316 g/mol. The Morgan fingerprint density at radius 1 is 1.26 bits per heavy atom. The molecule has 2 bridgehead atoms. The zero-order chi connectivity index (χ0) is 16.7. The molecular weight excluding hydrogens is 292 g/mol. The molecule has 2 heterocycles. The van der Waals surface area contributed by atoms with E-state index in [2.05, 4.69) is 25.8 Å². The Morgan fingerprint density at radius 2 is 1.96 bits per heavy atom. The van der Waals surface area contributed by atoms with Crippen molar-refractivity contribution in [3.05, 3.63) is 30.1 Å². The molecule has 5 heteroatoms. The molecule has 1 aromatic heterocycles. The quantitative estimate of drug-likeness (QED) is 0.804. The number of nitrogens with zero attached hydrogens (tertiary/aromatic N) is 2. The van der Waals surface area contributed by atoms with E-state index in [0.717, 1.165) is 25.8 Å². The SMILES string of the molecule is CC1(C)C[C@H]2C[C@](C)(CN2C(=O)COC(=O)c2ccncc2)C1. The van der Waals surface area contributed by atoms with Gasteiger partial charge in [-0.2, -0.15) is 0 Å². The Kier molecular flexibility index (Phi) is 3.90. The molecule has 124 valence electrons. The standard InChI is InChI=1S/C18H24N2O3/c1-17(2)8-14-9-18(3,11-17)12-20(14)15(21)10-23-16(22)13-4-6-19-7-5-13/h4-7,14H,8-12H2,1-3H3/t14-,18-/m0/s1. The molecule has 5 nitrogen and oxygen atoms in total. The van der Waals surface area contributed by atoms with Crippen LogP contribution in [0.15, 0.2) is 24.5 Å². The van der Waals surface area contributed by atoms with Crippen LogP contribution < -0.4 is 0 Å². The summed E-state index contributed by atoms with van der Waals surface area (Å²) in [6.07, 6.45) is 6.28. The molecule has 2 atom stereocenters. The third-order valence-corrected chi connectivity index (χ3v) is 4.98. The minimum atomic E-state index is -0.477. The van der Waals surface area contributed by atoms with Gasteiger partial charge in [-0.15, -0.1) is 0 Å². The molecule has 1 saturated heterocycles. The first-order valence-electron chi connectivity index (χ1n) is 8.15. The van der Waals surface area contributed by atoms with Crippen LogP contribution in [0.2, 0.25) is 0 Å². The Labute approximate surface area is 137 Å². The van der Waals surface area contributed by atoms with Crippen LogP contribution in [-0.2, 0) is 9.53 Å². The van der Waals surface area contributed by atoms with Gasteiger partial charge < -0.3 is 9.64 Å². The van der Waals surface area contributed by atoms with Crippen molar-refractivity contribution in [1.82, 2.24) is 9.88 Å². The normalized spacial score (nSPS) is 28.5. The summed E-state index contributed by atoms with van der Waals surface area (Å²) in [5.74, 6) is -0.562. The molecule has 0 N–H and O–H groups in total. The lowest BCUT2D eigenvalue weighted by Gasteiger charge is -2.39. The van der Waals surface area contributed by atoms with Gasteiger partial charge >= 0.3 is 5.97 Å². The maximum Gasteiger partial charge on any atom is 0.338 e. The number of esters is 1. The Morgan fingerprint density at radius 3 is 2.65 bits per heavy atom. The predicted octanol–water partition coefficient (Wildman–Crippen LogP) is 2.67. The number of ether oxygens (including phenoxy) is 1. The Balaban J connectivity index is 1.60. The van der Waals surface area contributed by atoms with Crippen molar-refractivity contribution in [2.24, 2.45) is 10.8 Å². The number of hydrogen-bond donors (Lipinski definition) is 0. The van der Waals surface area contributed by atoms with E-state index in [-0.39, 0.29) is 29.4 Å². The molecule has 3 rings (SSSR count). The Hall–Kier alpha value is -1.91. The molecule has 1 aromatic rings. The highest BCUT2D eigenvalue weighted by Gasteiger charge is 2.50. The molecule has 0 spiro atoms. The number of amides is 1. The highest BCUT2D eigenvalue weighted by Crippen LogP contribution is 2.52. The summed E-state index contributed by atoms with van der Waals surface area (Å²) in [5.41, 5.74) is 0.874. The fourth-order valence-corrected chi connectivity index (χ4v) is 4.53. The Bertz CT molecular complexity index is 614. The summed E-state index contributed by atoms with van der Waals surface area (Å²) >= 11 is 0. The summed E-state index contributed by atoms with van der Waals surface area (Å²) in [7, 11) is 0. The van der Waals surface area contributed by atoms with Crippen LogP contribution >= 0.6 is 0 Å². The number of fused-ring (bicyclic) bond motifs is 2. The van der Waals surface area contributed by atoms with E-state index in [1.165, 1.54) is 12.4 Å². The van der Waals surface area contributed by atoms with Crippen molar-refractivity contribution < 1.29 is 14.3 Å². The van der Waals surface area contributed by atoms with Crippen molar-refractivity contribution in [3.63, 3.8) is 0 Å². The fraction of sp³-hybridized carbons (Fsp3) is 0.611. The zero-order valence-electron chi connectivity index (χ0n) is 14.0. The predicted molar refractivity (Wildman–Crippen MR) is 85.8 cm³/mol. The number of carbonyl (C=O) groups is 2. The third kappa shape index (κ3) is 3.38. The fourth-order valence-electron chi connectivity index (χ4n) is 4.53. The van der Waals surface area contributed by atoms with Crippen molar-refractivity contribution in [1.29, 1.82) is 0 Å². The maximum atomic E-state index is 12.5. The molecule has 1 aliphatic carbocycles. The molecule has 2 fully saturated rings. The molecule has 1 aliphatic heterocycles. The van der Waals surface area contributed by atoms with Crippen LogP contribution in [0.5, 0.6) is 0 Å². The van der Waals surface area contributed by atoms with Gasteiger partial charge in [-0.05, 0) is 42.2 Å². The van der Waals surface area contributed by atoms with Crippen LogP contribution in [-0.4, -0.2) is 41.0 Å². The summed E-state index contributed by atoms with van der Waals surface area (Å²) < 4.78 is 5.18. The minimum Gasteiger partial charge on any atom is -0.452 e. The molecular formula is C18H24N2O3. The van der Waals surface area contributed by atoms with E-state index in [0.29, 0.717) is 5.56 Å². The lowest BCUT2D eigenvalue weighted by molar-refractivity contribution is -0.135. The molecule has 0 aromatic carbocycles. The zero-order valence-corrected chi connectivity index (χ0v) is 14.0. The van der Waals surface area contributed by atoms with E-state index in [4.69, 9.17) is 4.74 Å². The number of likely N-dealkylation sites (tertiary alicyclic amines) is 1. The first-order chi connectivity index (χ1) is 10.8. The van der Waals surface area contributed by atoms with E-state index >= 15 is 0 Å². The van der Waals surface area contributed by atoms with Gasteiger partial charge in [0.15, 0.2) is 6.61 Å². The van der Waals surface area contributed by atoms with Gasteiger partial charge in [-0.1, -0.05) is 20.8 Å². The van der Waals surface area contributed by atoms with Gasteiger partial charge in [0.05, 0.1) is 5.56 Å². The number of pyridine rings is 1. The highest BCUT2D eigenvalue weighted by molar-refractivity contribution is 5.91. The lowest BCUT2D eigenvalue weighted by Crippen LogP contribution is -2.39. The van der Waals surface area contributed by atoms with Gasteiger partial charge in [-0.3, -0.25) is 9.78 Å². The molecule has 23 heavy (non-hydrogen) atoms.